The van der Waals surface area contributed by atoms with Crippen molar-refractivity contribution in [2.45, 2.75) is 0 Å². The Morgan fingerprint density at radius 1 is 0.929 bits per heavy atom. The lowest BCUT2D eigenvalue weighted by Crippen LogP contribution is -2.15. The Kier molecular flexibility index (Phi) is 3.28. The van der Waals surface area contributed by atoms with Gasteiger partial charge in [0, 0.05) is 8.95 Å². The molecule has 6 heteroatoms. The lowest BCUT2D eigenvalue weighted by molar-refractivity contribution is 0.0987. The van der Waals surface area contributed by atoms with E-state index in [-0.39, 0.29) is 0 Å². The first kappa shape index (κ1) is 11.2. The molecule has 1 aromatic carbocycles. The van der Waals surface area contributed by atoms with Gasteiger partial charge in [-0.25, -0.2) is 0 Å². The zero-order valence-electron chi connectivity index (χ0n) is 6.88. The average Bonchev–Trinajstić information content (AvgIpc) is 2.07. The molecular formula is C8H6Br2N2O2. The molecule has 0 fully saturated rings. The first-order valence-electron chi connectivity index (χ1n) is 3.52. The average molecular weight is 322 g/mol. The Morgan fingerprint density at radius 3 is 1.43 bits per heavy atom. The smallest absolute Gasteiger partial charge is 0.249 e. The van der Waals surface area contributed by atoms with Crippen LogP contribution in [0.3, 0.4) is 0 Å². The number of carbonyl (C=O) groups excluding carboxylic acids is 2. The molecule has 0 atom stereocenters. The van der Waals surface area contributed by atoms with Crippen LogP contribution in [0.5, 0.6) is 0 Å². The Labute approximate surface area is 96.9 Å². The van der Waals surface area contributed by atoms with Gasteiger partial charge in [-0.2, -0.15) is 0 Å². The van der Waals surface area contributed by atoms with E-state index in [1.54, 1.807) is 0 Å². The Bertz CT molecular complexity index is 378. The Hall–Kier alpha value is -0.880. The SMILES string of the molecule is NC(=O)c1cc(Br)c(C(N)=O)cc1Br. The van der Waals surface area contributed by atoms with Crippen molar-refractivity contribution in [2.24, 2.45) is 11.5 Å². The second-order valence-electron chi connectivity index (χ2n) is 2.54. The monoisotopic (exact) mass is 320 g/mol. The molecule has 2 amide bonds. The number of primary amides is 2. The minimum Gasteiger partial charge on any atom is -0.366 e. The fourth-order valence-corrected chi connectivity index (χ4v) is 2.00. The van der Waals surface area contributed by atoms with Gasteiger partial charge in [-0.05, 0) is 44.0 Å². The summed E-state index contributed by atoms with van der Waals surface area (Å²) in [6.45, 7) is 0. The van der Waals surface area contributed by atoms with Crippen LogP contribution in [0, 0.1) is 0 Å². The van der Waals surface area contributed by atoms with Gasteiger partial charge in [0.2, 0.25) is 11.8 Å². The van der Waals surface area contributed by atoms with E-state index in [4.69, 9.17) is 11.5 Å². The molecule has 0 unspecified atom stereocenters. The van der Waals surface area contributed by atoms with Crippen LogP contribution in [0.4, 0.5) is 0 Å². The van der Waals surface area contributed by atoms with Crippen molar-refractivity contribution in [3.8, 4) is 0 Å². The predicted octanol–water partition coefficient (Wildman–Crippen LogP) is 1.41. The van der Waals surface area contributed by atoms with Crippen LogP contribution in [-0.4, -0.2) is 11.8 Å². The summed E-state index contributed by atoms with van der Waals surface area (Å²) in [4.78, 5) is 21.8. The fourth-order valence-electron chi connectivity index (χ4n) is 0.924. The van der Waals surface area contributed by atoms with Crippen molar-refractivity contribution in [3.05, 3.63) is 32.2 Å². The number of hydrogen-bond donors (Lipinski definition) is 2. The predicted molar refractivity (Wildman–Crippen MR) is 58.9 cm³/mol. The van der Waals surface area contributed by atoms with Gasteiger partial charge in [-0.15, -0.1) is 0 Å². The minimum absolute atomic E-state index is 0.293. The topological polar surface area (TPSA) is 86.2 Å². The van der Waals surface area contributed by atoms with Gasteiger partial charge >= 0.3 is 0 Å². The van der Waals surface area contributed by atoms with Crippen molar-refractivity contribution in [3.63, 3.8) is 0 Å². The number of hydrogen-bond acceptors (Lipinski definition) is 2. The summed E-state index contributed by atoms with van der Waals surface area (Å²) >= 11 is 6.24. The quantitative estimate of drug-likeness (QED) is 0.862. The van der Waals surface area contributed by atoms with Gasteiger partial charge in [0.1, 0.15) is 0 Å². The lowest BCUT2D eigenvalue weighted by Gasteiger charge is -2.04. The molecule has 1 aromatic rings. The van der Waals surface area contributed by atoms with E-state index < -0.39 is 11.8 Å². The van der Waals surface area contributed by atoms with Crippen molar-refractivity contribution >= 4 is 43.7 Å². The van der Waals surface area contributed by atoms with Crippen LogP contribution in [0.2, 0.25) is 0 Å². The highest BCUT2D eigenvalue weighted by Crippen LogP contribution is 2.25. The van der Waals surface area contributed by atoms with E-state index in [9.17, 15) is 9.59 Å². The van der Waals surface area contributed by atoms with E-state index >= 15 is 0 Å². The lowest BCUT2D eigenvalue weighted by atomic mass is 10.1. The van der Waals surface area contributed by atoms with Crippen LogP contribution >= 0.6 is 31.9 Å². The summed E-state index contributed by atoms with van der Waals surface area (Å²) in [6.07, 6.45) is 0. The molecule has 1 rings (SSSR count). The molecule has 4 nitrogen and oxygen atoms in total. The first-order valence-corrected chi connectivity index (χ1v) is 5.10. The van der Waals surface area contributed by atoms with Crippen LogP contribution in [-0.2, 0) is 0 Å². The molecule has 74 valence electrons. The summed E-state index contributed by atoms with van der Waals surface area (Å²) < 4.78 is 0.893. The number of nitrogens with two attached hydrogens (primary N) is 2. The van der Waals surface area contributed by atoms with Gasteiger partial charge in [-0.3, -0.25) is 9.59 Å². The summed E-state index contributed by atoms with van der Waals surface area (Å²) in [5.74, 6) is -1.15. The number of rotatable bonds is 2. The maximum atomic E-state index is 10.9. The van der Waals surface area contributed by atoms with Crippen molar-refractivity contribution in [1.82, 2.24) is 0 Å². The fraction of sp³-hybridized carbons (Fsp3) is 0. The molecule has 0 aliphatic heterocycles. The largest absolute Gasteiger partial charge is 0.366 e. The third-order valence-electron chi connectivity index (χ3n) is 1.59. The second kappa shape index (κ2) is 4.10. The van der Waals surface area contributed by atoms with E-state index in [2.05, 4.69) is 31.9 Å². The number of benzene rings is 1. The maximum absolute atomic E-state index is 10.9. The summed E-state index contributed by atoms with van der Waals surface area (Å²) in [7, 11) is 0. The highest BCUT2D eigenvalue weighted by molar-refractivity contribution is 9.11. The molecule has 0 saturated heterocycles. The Balaban J connectivity index is 3.38. The molecule has 0 aliphatic carbocycles. The second-order valence-corrected chi connectivity index (χ2v) is 4.25. The molecule has 0 bridgehead atoms. The summed E-state index contributed by atoms with van der Waals surface area (Å²) in [5, 5.41) is 0. The van der Waals surface area contributed by atoms with E-state index in [1.807, 2.05) is 0 Å². The van der Waals surface area contributed by atoms with E-state index in [0.29, 0.717) is 20.1 Å². The third kappa shape index (κ3) is 2.13. The Morgan fingerprint density at radius 2 is 1.21 bits per heavy atom. The minimum atomic E-state index is -0.575. The molecule has 0 spiro atoms. The highest BCUT2D eigenvalue weighted by Gasteiger charge is 2.13. The molecule has 0 radical (unpaired) electrons. The number of halogens is 2. The molecule has 4 N–H and O–H groups in total. The van der Waals surface area contributed by atoms with Crippen LogP contribution < -0.4 is 11.5 Å². The van der Waals surface area contributed by atoms with Gasteiger partial charge in [-0.1, -0.05) is 0 Å². The highest BCUT2D eigenvalue weighted by atomic mass is 79.9. The third-order valence-corrected chi connectivity index (χ3v) is 2.90. The molecule has 0 heterocycles. The molecule has 14 heavy (non-hydrogen) atoms. The zero-order valence-corrected chi connectivity index (χ0v) is 10.1. The van der Waals surface area contributed by atoms with Gasteiger partial charge in [0.15, 0.2) is 0 Å². The normalized spacial score (nSPS) is 9.86. The van der Waals surface area contributed by atoms with Crippen molar-refractivity contribution < 1.29 is 9.59 Å². The molecule has 0 aromatic heterocycles. The van der Waals surface area contributed by atoms with Gasteiger partial charge < -0.3 is 11.5 Å². The summed E-state index contributed by atoms with van der Waals surface area (Å²) in [6, 6.07) is 2.90. The van der Waals surface area contributed by atoms with Crippen molar-refractivity contribution in [2.75, 3.05) is 0 Å². The van der Waals surface area contributed by atoms with E-state index in [0.717, 1.165) is 0 Å². The number of amides is 2. The molecule has 0 aliphatic rings. The van der Waals surface area contributed by atoms with E-state index in [1.165, 1.54) is 12.1 Å². The summed E-state index contributed by atoms with van der Waals surface area (Å²) in [5.41, 5.74) is 10.8. The van der Waals surface area contributed by atoms with Crippen molar-refractivity contribution in [1.29, 1.82) is 0 Å². The molecule has 0 saturated carbocycles. The van der Waals surface area contributed by atoms with Crippen LogP contribution in [0.15, 0.2) is 21.1 Å². The zero-order chi connectivity index (χ0) is 10.9. The number of carbonyl (C=O) groups is 2. The standard InChI is InChI=1S/C8H6Br2N2O2/c9-5-1-3(7(11)13)6(10)2-4(5)8(12)14/h1-2H,(H2,11,13)(H2,12,14). The first-order chi connectivity index (χ1) is 6.43. The van der Waals surface area contributed by atoms with Gasteiger partial charge in [0.25, 0.3) is 0 Å². The maximum Gasteiger partial charge on any atom is 0.249 e. The molecular weight excluding hydrogens is 316 g/mol. The van der Waals surface area contributed by atoms with Crippen LogP contribution in [0.25, 0.3) is 0 Å². The van der Waals surface area contributed by atoms with Gasteiger partial charge in [0.05, 0.1) is 11.1 Å². The van der Waals surface area contributed by atoms with Crippen LogP contribution in [0.1, 0.15) is 20.7 Å².